The molecule has 0 unspecified atom stereocenters. The van der Waals surface area contributed by atoms with E-state index in [4.69, 9.17) is 4.74 Å². The van der Waals surface area contributed by atoms with Crippen LogP contribution in [0.4, 0.5) is 0 Å². The second kappa shape index (κ2) is 8.77. The summed E-state index contributed by atoms with van der Waals surface area (Å²) in [7, 11) is 0. The van der Waals surface area contributed by atoms with E-state index in [-0.39, 0.29) is 17.9 Å². The van der Waals surface area contributed by atoms with Gasteiger partial charge in [0, 0.05) is 30.9 Å². The van der Waals surface area contributed by atoms with Gasteiger partial charge in [0.15, 0.2) is 0 Å². The first-order valence-corrected chi connectivity index (χ1v) is 9.20. The molecule has 4 nitrogen and oxygen atoms in total. The Labute approximate surface area is 155 Å². The van der Waals surface area contributed by atoms with Crippen molar-refractivity contribution in [3.05, 3.63) is 78.1 Å². The number of pyridine rings is 1. The number of ether oxygens (including phenoxy) is 1. The normalized spacial score (nSPS) is 19.5. The number of likely N-dealkylation sites (tertiary alicyclic amines) is 1. The zero-order chi connectivity index (χ0) is 18.4. The lowest BCUT2D eigenvalue weighted by Gasteiger charge is -2.18. The minimum absolute atomic E-state index is 0.00573. The van der Waals surface area contributed by atoms with Gasteiger partial charge in [-0.15, -0.1) is 0 Å². The van der Waals surface area contributed by atoms with Crippen LogP contribution in [0.5, 0.6) is 0 Å². The number of rotatable bonds is 7. The largest absolute Gasteiger partial charge is 0.371 e. The minimum Gasteiger partial charge on any atom is -0.371 e. The van der Waals surface area contributed by atoms with E-state index in [1.54, 1.807) is 0 Å². The van der Waals surface area contributed by atoms with Gasteiger partial charge >= 0.3 is 0 Å². The van der Waals surface area contributed by atoms with Gasteiger partial charge in [-0.1, -0.05) is 43.8 Å². The fourth-order valence-electron chi connectivity index (χ4n) is 3.47. The highest BCUT2D eigenvalue weighted by Gasteiger charge is 2.35. The van der Waals surface area contributed by atoms with Crippen LogP contribution in [0.2, 0.25) is 0 Å². The van der Waals surface area contributed by atoms with E-state index in [1.165, 1.54) is 17.2 Å². The SMILES string of the molecule is C=CC(=O)N1C[C@@H](Cc2ccccn2)[C@H](OCc2cccc(CC)c2)C1. The molecule has 3 rings (SSSR count). The fourth-order valence-corrected chi connectivity index (χ4v) is 3.47. The highest BCUT2D eigenvalue weighted by atomic mass is 16.5. The average molecular weight is 350 g/mol. The van der Waals surface area contributed by atoms with Gasteiger partial charge < -0.3 is 9.64 Å². The molecule has 0 spiro atoms. The molecule has 0 N–H and O–H groups in total. The van der Waals surface area contributed by atoms with Crippen molar-refractivity contribution >= 4 is 5.91 Å². The van der Waals surface area contributed by atoms with Gasteiger partial charge in [0.2, 0.25) is 5.91 Å². The molecule has 136 valence electrons. The highest BCUT2D eigenvalue weighted by Crippen LogP contribution is 2.25. The number of aromatic nitrogens is 1. The zero-order valence-corrected chi connectivity index (χ0v) is 15.3. The molecule has 2 atom stereocenters. The van der Waals surface area contributed by atoms with Gasteiger partial charge in [0.25, 0.3) is 0 Å². The van der Waals surface area contributed by atoms with Gasteiger partial charge in [-0.2, -0.15) is 0 Å². The molecule has 1 fully saturated rings. The number of amides is 1. The quantitative estimate of drug-likeness (QED) is 0.719. The topological polar surface area (TPSA) is 42.4 Å². The van der Waals surface area contributed by atoms with E-state index < -0.39 is 0 Å². The van der Waals surface area contributed by atoms with Crippen LogP contribution in [0.25, 0.3) is 0 Å². The van der Waals surface area contributed by atoms with E-state index in [0.29, 0.717) is 19.7 Å². The van der Waals surface area contributed by atoms with Crippen LogP contribution in [0, 0.1) is 5.92 Å². The summed E-state index contributed by atoms with van der Waals surface area (Å²) in [4.78, 5) is 18.3. The molecule has 0 saturated carbocycles. The molecule has 1 saturated heterocycles. The lowest BCUT2D eigenvalue weighted by Crippen LogP contribution is -2.28. The lowest BCUT2D eigenvalue weighted by atomic mass is 9.99. The van der Waals surface area contributed by atoms with Gasteiger partial charge in [0.1, 0.15) is 0 Å². The summed E-state index contributed by atoms with van der Waals surface area (Å²) in [6, 6.07) is 14.4. The van der Waals surface area contributed by atoms with Crippen molar-refractivity contribution in [1.82, 2.24) is 9.88 Å². The third-order valence-electron chi connectivity index (χ3n) is 4.93. The molecule has 1 aromatic carbocycles. The average Bonchev–Trinajstić information content (AvgIpc) is 3.09. The summed E-state index contributed by atoms with van der Waals surface area (Å²) in [5.41, 5.74) is 3.52. The molecule has 0 aliphatic carbocycles. The second-order valence-electron chi connectivity index (χ2n) is 6.76. The van der Waals surface area contributed by atoms with E-state index in [0.717, 1.165) is 18.5 Å². The van der Waals surface area contributed by atoms with E-state index >= 15 is 0 Å². The highest BCUT2D eigenvalue weighted by molar-refractivity contribution is 5.87. The van der Waals surface area contributed by atoms with E-state index in [1.807, 2.05) is 29.3 Å². The summed E-state index contributed by atoms with van der Waals surface area (Å²) in [5.74, 6) is 0.207. The maximum atomic E-state index is 12.1. The summed E-state index contributed by atoms with van der Waals surface area (Å²) in [5, 5.41) is 0. The number of hydrogen-bond acceptors (Lipinski definition) is 3. The summed E-state index contributed by atoms with van der Waals surface area (Å²) < 4.78 is 6.24. The van der Waals surface area contributed by atoms with Crippen LogP contribution in [-0.4, -0.2) is 35.0 Å². The third kappa shape index (κ3) is 4.58. The Hall–Kier alpha value is -2.46. The molecule has 0 radical (unpaired) electrons. The number of carbonyl (C=O) groups is 1. The van der Waals surface area contributed by atoms with Crippen LogP contribution in [0.15, 0.2) is 61.3 Å². The summed E-state index contributed by atoms with van der Waals surface area (Å²) in [6.07, 6.45) is 5.02. The van der Waals surface area contributed by atoms with Crippen LogP contribution in [0.3, 0.4) is 0 Å². The molecule has 4 heteroatoms. The first-order valence-electron chi connectivity index (χ1n) is 9.20. The van der Waals surface area contributed by atoms with Crippen molar-refractivity contribution in [1.29, 1.82) is 0 Å². The van der Waals surface area contributed by atoms with Crippen LogP contribution < -0.4 is 0 Å². The Kier molecular flexibility index (Phi) is 6.18. The molecule has 26 heavy (non-hydrogen) atoms. The molecule has 1 aliphatic heterocycles. The van der Waals surface area contributed by atoms with E-state index in [9.17, 15) is 4.79 Å². The van der Waals surface area contributed by atoms with Crippen molar-refractivity contribution in [2.45, 2.75) is 32.5 Å². The molecule has 1 aromatic heterocycles. The number of carbonyl (C=O) groups excluding carboxylic acids is 1. The fraction of sp³-hybridized carbons (Fsp3) is 0.364. The molecule has 2 heterocycles. The minimum atomic E-state index is -0.0323. The van der Waals surface area contributed by atoms with Gasteiger partial charge in [-0.25, -0.2) is 0 Å². The first kappa shape index (κ1) is 18.3. The maximum Gasteiger partial charge on any atom is 0.246 e. The number of hydrogen-bond donors (Lipinski definition) is 0. The molecular weight excluding hydrogens is 324 g/mol. The van der Waals surface area contributed by atoms with Crippen LogP contribution in [0.1, 0.15) is 23.7 Å². The molecule has 1 amide bonds. The summed E-state index contributed by atoms with van der Waals surface area (Å²) in [6.45, 7) is 7.61. The second-order valence-corrected chi connectivity index (χ2v) is 6.76. The van der Waals surface area contributed by atoms with Gasteiger partial charge in [-0.3, -0.25) is 9.78 Å². The van der Waals surface area contributed by atoms with Crippen molar-refractivity contribution in [2.24, 2.45) is 5.92 Å². The predicted molar refractivity (Wildman–Crippen MR) is 103 cm³/mol. The summed E-state index contributed by atoms with van der Waals surface area (Å²) >= 11 is 0. The monoisotopic (exact) mass is 350 g/mol. The molecule has 1 aliphatic rings. The number of benzene rings is 1. The molecule has 2 aromatic rings. The first-order chi connectivity index (χ1) is 12.7. The standard InChI is InChI=1S/C22H26N2O2/c1-3-17-8-7-9-18(12-17)16-26-21-15-24(22(25)4-2)14-19(21)13-20-10-5-6-11-23-20/h4-12,19,21H,2-3,13-16H2,1H3/t19-,21-/m1/s1. The van der Waals surface area contributed by atoms with Crippen molar-refractivity contribution in [3.63, 3.8) is 0 Å². The Morgan fingerprint density at radius 1 is 1.27 bits per heavy atom. The molecule has 0 bridgehead atoms. The van der Waals surface area contributed by atoms with Gasteiger partial charge in [0.05, 0.1) is 12.7 Å². The van der Waals surface area contributed by atoms with Crippen molar-refractivity contribution in [3.8, 4) is 0 Å². The van der Waals surface area contributed by atoms with Crippen LogP contribution >= 0.6 is 0 Å². The lowest BCUT2D eigenvalue weighted by molar-refractivity contribution is -0.125. The van der Waals surface area contributed by atoms with Gasteiger partial charge in [-0.05, 0) is 42.2 Å². The Balaban J connectivity index is 1.68. The number of nitrogens with zero attached hydrogens (tertiary/aromatic N) is 2. The predicted octanol–water partition coefficient (Wildman–Crippen LogP) is 3.42. The Bertz CT molecular complexity index is 745. The van der Waals surface area contributed by atoms with Crippen molar-refractivity contribution < 1.29 is 9.53 Å². The zero-order valence-electron chi connectivity index (χ0n) is 15.3. The maximum absolute atomic E-state index is 12.1. The van der Waals surface area contributed by atoms with E-state index in [2.05, 4.69) is 42.8 Å². The smallest absolute Gasteiger partial charge is 0.246 e. The number of aryl methyl sites for hydroxylation is 1. The third-order valence-corrected chi connectivity index (χ3v) is 4.93. The molecular formula is C22H26N2O2. The van der Waals surface area contributed by atoms with Crippen LogP contribution in [-0.2, 0) is 29.0 Å². The Morgan fingerprint density at radius 3 is 2.85 bits per heavy atom. The van der Waals surface area contributed by atoms with Crippen molar-refractivity contribution in [2.75, 3.05) is 13.1 Å². The Morgan fingerprint density at radius 2 is 2.12 bits per heavy atom.